The quantitative estimate of drug-likeness (QED) is 0.419. The van der Waals surface area contributed by atoms with E-state index in [9.17, 15) is 43.9 Å². The topological polar surface area (TPSA) is 91.4 Å². The number of hydrogen-bond acceptors (Lipinski definition) is 5. The first-order valence-corrected chi connectivity index (χ1v) is 11.4. The fraction of sp³-hybridized carbons (Fsp3) is 0.300. The molecular formula is C20H19F7N4O3S. The van der Waals surface area contributed by atoms with Gasteiger partial charge in [0.1, 0.15) is 17.3 Å². The van der Waals surface area contributed by atoms with E-state index < -0.39 is 57.6 Å². The van der Waals surface area contributed by atoms with Gasteiger partial charge in [-0.1, -0.05) is 0 Å². The molecule has 2 aromatic rings. The van der Waals surface area contributed by atoms with Crippen LogP contribution in [0.15, 0.2) is 30.3 Å². The molecule has 1 heterocycles. The minimum atomic E-state index is -5.11. The minimum absolute atomic E-state index is 0.0882. The minimum Gasteiger partial charge on any atom is -0.362 e. The highest BCUT2D eigenvalue weighted by atomic mass is 32.2. The van der Waals surface area contributed by atoms with Gasteiger partial charge in [-0.05, 0) is 35.9 Å². The summed E-state index contributed by atoms with van der Waals surface area (Å²) in [5.74, 6) is -2.44. The van der Waals surface area contributed by atoms with Gasteiger partial charge in [-0.15, -0.1) is 0 Å². The zero-order valence-corrected chi connectivity index (χ0v) is 19.2. The van der Waals surface area contributed by atoms with Gasteiger partial charge in [0.2, 0.25) is 15.9 Å². The molecule has 0 saturated carbocycles. The average Bonchev–Trinajstić information content (AvgIpc) is 2.69. The number of aromatic nitrogens is 1. The monoisotopic (exact) mass is 528 g/mol. The van der Waals surface area contributed by atoms with Crippen molar-refractivity contribution in [2.75, 3.05) is 30.0 Å². The van der Waals surface area contributed by atoms with Gasteiger partial charge in [0.15, 0.2) is 0 Å². The Morgan fingerprint density at radius 2 is 1.71 bits per heavy atom. The lowest BCUT2D eigenvalue weighted by molar-refractivity contribution is -0.141. The first-order valence-electron chi connectivity index (χ1n) is 9.47. The van der Waals surface area contributed by atoms with E-state index in [1.54, 1.807) is 0 Å². The highest BCUT2D eigenvalue weighted by Gasteiger charge is 2.36. The first-order chi connectivity index (χ1) is 15.9. The van der Waals surface area contributed by atoms with E-state index >= 15 is 0 Å². The number of nitrogens with one attached hydrogen (secondary N) is 2. The van der Waals surface area contributed by atoms with E-state index in [0.717, 1.165) is 24.3 Å². The standard InChI is InChI=1S/C20H19F7N4O3S/c1-31(2)18-12(4-6-15(29-18)20(25,26)27)5-7-16(32)28-10-11-8-13(19(22,23)24)17(14(21)9-11)30-35(3,33)34/h4-9,30H,10H2,1-3H3,(H,28,32). The van der Waals surface area contributed by atoms with Crippen molar-refractivity contribution in [2.45, 2.75) is 18.9 Å². The molecule has 0 radical (unpaired) electrons. The number of hydrogen-bond donors (Lipinski definition) is 2. The van der Waals surface area contributed by atoms with Crippen molar-refractivity contribution < 1.29 is 43.9 Å². The van der Waals surface area contributed by atoms with Crippen LogP contribution in [-0.2, 0) is 33.7 Å². The lowest BCUT2D eigenvalue weighted by Gasteiger charge is -2.17. The number of rotatable bonds is 7. The average molecular weight is 528 g/mol. The highest BCUT2D eigenvalue weighted by Crippen LogP contribution is 2.37. The Hall–Kier alpha value is -3.36. The van der Waals surface area contributed by atoms with Crippen LogP contribution >= 0.6 is 0 Å². The van der Waals surface area contributed by atoms with Crippen LogP contribution < -0.4 is 14.9 Å². The van der Waals surface area contributed by atoms with Crippen molar-refractivity contribution in [3.05, 3.63) is 58.5 Å². The molecular weight excluding hydrogens is 509 g/mol. The molecule has 0 atom stereocenters. The second kappa shape index (κ2) is 10.1. The van der Waals surface area contributed by atoms with Crippen molar-refractivity contribution in [2.24, 2.45) is 0 Å². The second-order valence-corrected chi connectivity index (χ2v) is 9.17. The van der Waals surface area contributed by atoms with Crippen molar-refractivity contribution >= 4 is 33.5 Å². The summed E-state index contributed by atoms with van der Waals surface area (Å²) in [7, 11) is -1.34. The third-order valence-electron chi connectivity index (χ3n) is 4.24. The second-order valence-electron chi connectivity index (χ2n) is 7.42. The number of benzene rings is 1. The molecule has 0 aliphatic heterocycles. The maximum Gasteiger partial charge on any atom is 0.433 e. The Bertz CT molecular complexity index is 1240. The van der Waals surface area contributed by atoms with E-state index in [4.69, 9.17) is 0 Å². The zero-order chi connectivity index (χ0) is 26.8. The molecule has 0 bridgehead atoms. The summed E-state index contributed by atoms with van der Waals surface area (Å²) in [5.41, 5.74) is -4.17. The van der Waals surface area contributed by atoms with Gasteiger partial charge in [0.25, 0.3) is 0 Å². The van der Waals surface area contributed by atoms with E-state index in [1.807, 2.05) is 0 Å². The van der Waals surface area contributed by atoms with Gasteiger partial charge in [0.05, 0.1) is 17.5 Å². The molecule has 0 saturated heterocycles. The summed E-state index contributed by atoms with van der Waals surface area (Å²) < 4.78 is 117. The highest BCUT2D eigenvalue weighted by molar-refractivity contribution is 7.92. The van der Waals surface area contributed by atoms with Gasteiger partial charge in [0, 0.05) is 32.3 Å². The van der Waals surface area contributed by atoms with Crippen molar-refractivity contribution in [1.82, 2.24) is 10.3 Å². The van der Waals surface area contributed by atoms with Crippen LogP contribution in [0.1, 0.15) is 22.4 Å². The fourth-order valence-corrected chi connectivity index (χ4v) is 3.37. The molecule has 0 aliphatic carbocycles. The zero-order valence-electron chi connectivity index (χ0n) is 18.3. The number of carbonyl (C=O) groups excluding carboxylic acids is 1. The van der Waals surface area contributed by atoms with Gasteiger partial charge < -0.3 is 10.2 Å². The van der Waals surface area contributed by atoms with Crippen LogP contribution in [0.4, 0.5) is 42.2 Å². The smallest absolute Gasteiger partial charge is 0.362 e. The Balaban J connectivity index is 2.24. The Kier molecular flexibility index (Phi) is 8.04. The summed E-state index contributed by atoms with van der Waals surface area (Å²) in [5, 5.41) is 2.21. The van der Waals surface area contributed by atoms with Gasteiger partial charge in [-0.25, -0.2) is 17.8 Å². The number of amides is 1. The molecule has 1 aromatic heterocycles. The van der Waals surface area contributed by atoms with Gasteiger partial charge in [-0.3, -0.25) is 9.52 Å². The number of carbonyl (C=O) groups is 1. The number of sulfonamides is 1. The first kappa shape index (κ1) is 27.9. The van der Waals surface area contributed by atoms with Crippen LogP contribution in [0.3, 0.4) is 0 Å². The van der Waals surface area contributed by atoms with Crippen LogP contribution in [0.25, 0.3) is 6.08 Å². The summed E-state index contributed by atoms with van der Waals surface area (Å²) in [4.78, 5) is 16.9. The maximum absolute atomic E-state index is 14.3. The summed E-state index contributed by atoms with van der Waals surface area (Å²) >= 11 is 0. The molecule has 0 unspecified atom stereocenters. The number of halogens is 7. The number of alkyl halides is 6. The Morgan fingerprint density at radius 1 is 1.09 bits per heavy atom. The molecule has 0 fully saturated rings. The van der Waals surface area contributed by atoms with Gasteiger partial charge in [-0.2, -0.15) is 26.3 Å². The largest absolute Gasteiger partial charge is 0.433 e. The third kappa shape index (κ3) is 7.83. The lowest BCUT2D eigenvalue weighted by atomic mass is 10.1. The maximum atomic E-state index is 14.3. The van der Waals surface area contributed by atoms with Crippen LogP contribution in [0.2, 0.25) is 0 Å². The van der Waals surface area contributed by atoms with E-state index in [1.165, 1.54) is 23.7 Å². The SMILES string of the molecule is CN(C)c1nc(C(F)(F)F)ccc1C=CC(=O)NCc1cc(F)c(NS(C)(=O)=O)c(C(F)(F)F)c1. The molecule has 2 N–H and O–H groups in total. The summed E-state index contributed by atoms with van der Waals surface area (Å²) in [6.45, 7) is -0.561. The molecule has 7 nitrogen and oxygen atoms in total. The van der Waals surface area contributed by atoms with Crippen LogP contribution in [0.5, 0.6) is 0 Å². The van der Waals surface area contributed by atoms with Crippen LogP contribution in [0, 0.1) is 5.82 Å². The molecule has 0 aliphatic rings. The third-order valence-corrected chi connectivity index (χ3v) is 4.82. The number of pyridine rings is 1. The normalized spacial score (nSPS) is 12.6. The number of anilines is 2. The molecule has 2 rings (SSSR count). The number of nitrogens with zero attached hydrogens (tertiary/aromatic N) is 2. The Labute approximate surface area is 195 Å². The predicted octanol–water partition coefficient (Wildman–Crippen LogP) is 4.03. The molecule has 35 heavy (non-hydrogen) atoms. The molecule has 1 amide bonds. The van der Waals surface area contributed by atoms with E-state index in [0.29, 0.717) is 18.4 Å². The Morgan fingerprint density at radius 3 is 2.23 bits per heavy atom. The van der Waals surface area contributed by atoms with E-state index in [-0.39, 0.29) is 16.9 Å². The predicted molar refractivity (Wildman–Crippen MR) is 114 cm³/mol. The molecule has 192 valence electrons. The van der Waals surface area contributed by atoms with E-state index in [2.05, 4.69) is 10.3 Å². The van der Waals surface area contributed by atoms with Gasteiger partial charge >= 0.3 is 12.4 Å². The van der Waals surface area contributed by atoms with Crippen molar-refractivity contribution in [3.8, 4) is 0 Å². The van der Waals surface area contributed by atoms with Crippen molar-refractivity contribution in [3.63, 3.8) is 0 Å². The fourth-order valence-electron chi connectivity index (χ4n) is 2.80. The lowest BCUT2D eigenvalue weighted by Crippen LogP contribution is -2.22. The molecule has 1 aromatic carbocycles. The van der Waals surface area contributed by atoms with Crippen LogP contribution in [-0.4, -0.2) is 39.7 Å². The molecule has 0 spiro atoms. The van der Waals surface area contributed by atoms with Crippen molar-refractivity contribution in [1.29, 1.82) is 0 Å². The molecule has 15 heteroatoms. The summed E-state index contributed by atoms with van der Waals surface area (Å²) in [6.07, 6.45) is -7.16. The summed E-state index contributed by atoms with van der Waals surface area (Å²) in [6, 6.07) is 2.91.